The van der Waals surface area contributed by atoms with Crippen molar-refractivity contribution in [1.82, 2.24) is 15.1 Å². The number of anilines is 1. The molecular weight excluding hydrogens is 312 g/mol. The van der Waals surface area contributed by atoms with Gasteiger partial charge in [-0.05, 0) is 57.9 Å². The molecule has 1 fully saturated rings. The average molecular weight is 342 g/mol. The van der Waals surface area contributed by atoms with Crippen LogP contribution in [0.1, 0.15) is 30.7 Å². The van der Waals surface area contributed by atoms with Crippen molar-refractivity contribution in [2.45, 2.75) is 45.7 Å². The van der Waals surface area contributed by atoms with Crippen LogP contribution < -0.4 is 15.0 Å². The highest BCUT2D eigenvalue weighted by atomic mass is 16.5. The van der Waals surface area contributed by atoms with E-state index in [1.165, 1.54) is 24.2 Å². The van der Waals surface area contributed by atoms with Gasteiger partial charge in [-0.2, -0.15) is 5.10 Å². The van der Waals surface area contributed by atoms with Crippen molar-refractivity contribution < 1.29 is 4.74 Å². The Morgan fingerprint density at radius 2 is 2.00 bits per heavy atom. The Morgan fingerprint density at radius 3 is 2.68 bits per heavy atom. The zero-order valence-electron chi connectivity index (χ0n) is 15.7. The molecule has 1 aromatic carbocycles. The first-order valence-corrected chi connectivity index (χ1v) is 9.29. The van der Waals surface area contributed by atoms with Crippen molar-refractivity contribution in [1.29, 1.82) is 0 Å². The van der Waals surface area contributed by atoms with Crippen LogP contribution in [0, 0.1) is 13.8 Å². The van der Waals surface area contributed by atoms with Crippen molar-refractivity contribution >= 4 is 5.69 Å². The van der Waals surface area contributed by atoms with Crippen LogP contribution in [0.4, 0.5) is 5.69 Å². The van der Waals surface area contributed by atoms with E-state index in [-0.39, 0.29) is 0 Å². The topological polar surface area (TPSA) is 42.3 Å². The van der Waals surface area contributed by atoms with Gasteiger partial charge < -0.3 is 15.0 Å². The highest BCUT2D eigenvalue weighted by Crippen LogP contribution is 2.24. The van der Waals surface area contributed by atoms with Crippen LogP contribution in [0.25, 0.3) is 0 Å². The summed E-state index contributed by atoms with van der Waals surface area (Å²) in [5.74, 6) is 0.932. The number of aryl methyl sites for hydroxylation is 3. The maximum absolute atomic E-state index is 5.33. The van der Waals surface area contributed by atoms with E-state index in [2.05, 4.69) is 58.1 Å². The Bertz CT molecular complexity index is 674. The maximum Gasteiger partial charge on any atom is 0.120 e. The van der Waals surface area contributed by atoms with Crippen LogP contribution in [-0.2, 0) is 6.54 Å². The number of rotatable bonds is 7. The van der Waals surface area contributed by atoms with Crippen molar-refractivity contribution in [2.75, 3.05) is 31.6 Å². The lowest BCUT2D eigenvalue weighted by Gasteiger charge is -2.34. The van der Waals surface area contributed by atoms with Crippen molar-refractivity contribution in [3.8, 4) is 5.75 Å². The Balaban J connectivity index is 1.38. The van der Waals surface area contributed by atoms with E-state index in [1.54, 1.807) is 7.11 Å². The Kier molecular flexibility index (Phi) is 5.97. The number of nitrogens with zero attached hydrogens (tertiary/aromatic N) is 3. The third-order valence-corrected chi connectivity index (χ3v) is 5.00. The minimum Gasteiger partial charge on any atom is -0.497 e. The minimum absolute atomic E-state index is 0.627. The first-order valence-electron chi connectivity index (χ1n) is 9.29. The monoisotopic (exact) mass is 342 g/mol. The first-order chi connectivity index (χ1) is 12.2. The molecule has 0 amide bonds. The highest BCUT2D eigenvalue weighted by Gasteiger charge is 2.19. The number of ether oxygens (including phenoxy) is 1. The maximum atomic E-state index is 5.33. The number of hydrogen-bond acceptors (Lipinski definition) is 4. The summed E-state index contributed by atoms with van der Waals surface area (Å²) in [6.07, 6.45) is 3.51. The quantitative estimate of drug-likeness (QED) is 0.785. The first kappa shape index (κ1) is 17.8. The van der Waals surface area contributed by atoms with Crippen LogP contribution in [0.5, 0.6) is 5.75 Å². The van der Waals surface area contributed by atoms with Gasteiger partial charge in [0.2, 0.25) is 0 Å². The number of aromatic nitrogens is 2. The number of nitrogens with one attached hydrogen (secondary N) is 1. The SMILES string of the molecule is COc1cccc(N2CCC(NCCCn3nc(C)cc3C)CC2)c1. The van der Waals surface area contributed by atoms with Gasteiger partial charge in [-0.3, -0.25) is 4.68 Å². The third kappa shape index (κ3) is 4.75. The van der Waals surface area contributed by atoms with Crippen molar-refractivity contribution in [3.63, 3.8) is 0 Å². The van der Waals surface area contributed by atoms with Gasteiger partial charge in [-0.1, -0.05) is 6.07 Å². The second-order valence-corrected chi connectivity index (χ2v) is 6.92. The minimum atomic E-state index is 0.627. The van der Waals surface area contributed by atoms with Gasteiger partial charge in [0.05, 0.1) is 12.8 Å². The van der Waals surface area contributed by atoms with Gasteiger partial charge in [0.25, 0.3) is 0 Å². The number of piperidine rings is 1. The van der Waals surface area contributed by atoms with E-state index in [0.717, 1.165) is 44.0 Å². The van der Waals surface area contributed by atoms with E-state index in [0.29, 0.717) is 6.04 Å². The number of hydrogen-bond donors (Lipinski definition) is 1. The molecule has 0 saturated carbocycles. The van der Waals surface area contributed by atoms with E-state index in [1.807, 2.05) is 6.07 Å². The molecular formula is C20H30N4O. The number of benzene rings is 1. The van der Waals surface area contributed by atoms with Gasteiger partial charge in [0, 0.05) is 43.1 Å². The zero-order valence-corrected chi connectivity index (χ0v) is 15.7. The summed E-state index contributed by atoms with van der Waals surface area (Å²) in [5.41, 5.74) is 3.63. The van der Waals surface area contributed by atoms with Crippen LogP contribution in [0.3, 0.4) is 0 Å². The standard InChI is InChI=1S/C20H30N4O/c1-16-14-17(2)24(22-16)11-5-10-21-18-8-12-23(13-9-18)19-6-4-7-20(15-19)25-3/h4,6-7,14-15,18,21H,5,8-13H2,1-3H3. The molecule has 1 aliphatic heterocycles. The molecule has 2 heterocycles. The molecule has 0 atom stereocenters. The van der Waals surface area contributed by atoms with Gasteiger partial charge in [-0.15, -0.1) is 0 Å². The molecule has 1 aromatic heterocycles. The van der Waals surface area contributed by atoms with Gasteiger partial charge >= 0.3 is 0 Å². The summed E-state index contributed by atoms with van der Waals surface area (Å²) < 4.78 is 7.45. The highest BCUT2D eigenvalue weighted by molar-refractivity contribution is 5.51. The molecule has 5 heteroatoms. The van der Waals surface area contributed by atoms with Crippen molar-refractivity contribution in [2.24, 2.45) is 0 Å². The summed E-state index contributed by atoms with van der Waals surface area (Å²) in [6, 6.07) is 11.1. The fraction of sp³-hybridized carbons (Fsp3) is 0.550. The van der Waals surface area contributed by atoms with Crippen LogP contribution in [0.2, 0.25) is 0 Å². The summed E-state index contributed by atoms with van der Waals surface area (Å²) in [7, 11) is 1.72. The van der Waals surface area contributed by atoms with Crippen LogP contribution in [0.15, 0.2) is 30.3 Å². The fourth-order valence-electron chi connectivity index (χ4n) is 3.59. The number of methoxy groups -OCH3 is 1. The smallest absolute Gasteiger partial charge is 0.120 e. The second-order valence-electron chi connectivity index (χ2n) is 6.92. The lowest BCUT2D eigenvalue weighted by Crippen LogP contribution is -2.43. The third-order valence-electron chi connectivity index (χ3n) is 5.00. The molecule has 0 unspecified atom stereocenters. The molecule has 2 aromatic rings. The molecule has 5 nitrogen and oxygen atoms in total. The zero-order chi connectivity index (χ0) is 17.6. The molecule has 0 spiro atoms. The van der Waals surface area contributed by atoms with Gasteiger partial charge in [-0.25, -0.2) is 0 Å². The molecule has 0 bridgehead atoms. The lowest BCUT2D eigenvalue weighted by atomic mass is 10.0. The molecule has 1 aliphatic rings. The van der Waals surface area contributed by atoms with Gasteiger partial charge in [0.1, 0.15) is 5.75 Å². The molecule has 1 N–H and O–H groups in total. The predicted molar refractivity (Wildman–Crippen MR) is 103 cm³/mol. The van der Waals surface area contributed by atoms with E-state index < -0.39 is 0 Å². The van der Waals surface area contributed by atoms with Crippen LogP contribution in [-0.4, -0.2) is 42.6 Å². The predicted octanol–water partition coefficient (Wildman–Crippen LogP) is 3.16. The Labute approximate surface area is 151 Å². The molecule has 0 radical (unpaired) electrons. The summed E-state index contributed by atoms with van der Waals surface area (Å²) in [5, 5.41) is 8.24. The van der Waals surface area contributed by atoms with E-state index in [4.69, 9.17) is 4.74 Å². The second kappa shape index (κ2) is 8.39. The summed E-state index contributed by atoms with van der Waals surface area (Å²) in [4.78, 5) is 2.45. The normalized spacial score (nSPS) is 15.6. The van der Waals surface area contributed by atoms with E-state index >= 15 is 0 Å². The molecule has 25 heavy (non-hydrogen) atoms. The Morgan fingerprint density at radius 1 is 1.20 bits per heavy atom. The summed E-state index contributed by atoms with van der Waals surface area (Å²) in [6.45, 7) is 8.43. The lowest BCUT2D eigenvalue weighted by molar-refractivity contribution is 0.401. The molecule has 1 saturated heterocycles. The Hall–Kier alpha value is -2.01. The summed E-state index contributed by atoms with van der Waals surface area (Å²) >= 11 is 0. The van der Waals surface area contributed by atoms with Crippen LogP contribution >= 0.6 is 0 Å². The average Bonchev–Trinajstić information content (AvgIpc) is 2.96. The molecule has 136 valence electrons. The largest absolute Gasteiger partial charge is 0.497 e. The van der Waals surface area contributed by atoms with E-state index in [9.17, 15) is 0 Å². The molecule has 3 rings (SSSR count). The van der Waals surface area contributed by atoms with Crippen molar-refractivity contribution in [3.05, 3.63) is 41.7 Å². The van der Waals surface area contributed by atoms with Gasteiger partial charge in [0.15, 0.2) is 0 Å². The molecule has 0 aliphatic carbocycles. The fourth-order valence-corrected chi connectivity index (χ4v) is 3.59.